The lowest BCUT2D eigenvalue weighted by molar-refractivity contribution is 0.00271. The van der Waals surface area contributed by atoms with Crippen LogP contribution in [-0.4, -0.2) is 25.3 Å². The van der Waals surface area contributed by atoms with Gasteiger partial charge in [-0.25, -0.2) is 4.39 Å². The Balaban J connectivity index is 4.49. The minimum absolute atomic E-state index is 0.137. The molecular weight excluding hydrogens is 207 g/mol. The predicted octanol–water partition coefficient (Wildman–Crippen LogP) is 2.53. The molecule has 92 valence electrons. The Morgan fingerprint density at radius 3 is 2.69 bits per heavy atom. The zero-order valence-corrected chi connectivity index (χ0v) is 10.2. The molecule has 1 unspecified atom stereocenters. The first-order valence-electron chi connectivity index (χ1n) is 5.25. The van der Waals surface area contributed by atoms with E-state index in [0.717, 1.165) is 0 Å². The van der Waals surface area contributed by atoms with Crippen molar-refractivity contribution in [2.45, 2.75) is 26.0 Å². The van der Waals surface area contributed by atoms with Gasteiger partial charge in [-0.05, 0) is 18.6 Å². The molecule has 0 aliphatic rings. The fourth-order valence-electron chi connectivity index (χ4n) is 1.19. The van der Waals surface area contributed by atoms with Gasteiger partial charge in [0.1, 0.15) is 12.0 Å². The van der Waals surface area contributed by atoms with Gasteiger partial charge in [0.05, 0.1) is 5.83 Å². The average molecular weight is 228 g/mol. The van der Waals surface area contributed by atoms with Crippen LogP contribution in [0.2, 0.25) is 0 Å². The molecule has 0 fully saturated rings. The highest BCUT2D eigenvalue weighted by molar-refractivity contribution is 5.06. The van der Waals surface area contributed by atoms with Crippen molar-refractivity contribution >= 4 is 0 Å². The zero-order valence-electron chi connectivity index (χ0n) is 10.2. The largest absolute Gasteiger partial charge is 0.385 e. The summed E-state index contributed by atoms with van der Waals surface area (Å²) in [6, 6.07) is 0. The van der Waals surface area contributed by atoms with Crippen LogP contribution in [0.25, 0.3) is 0 Å². The van der Waals surface area contributed by atoms with E-state index in [9.17, 15) is 4.39 Å². The van der Waals surface area contributed by atoms with Crippen molar-refractivity contribution in [2.75, 3.05) is 14.2 Å². The van der Waals surface area contributed by atoms with E-state index >= 15 is 0 Å². The first-order valence-corrected chi connectivity index (χ1v) is 5.25. The number of allylic oxidation sites excluding steroid dienone is 3. The molecule has 3 nitrogen and oxygen atoms in total. The Labute approximate surface area is 97.1 Å². The minimum atomic E-state index is -0.270. The number of ether oxygens (including phenoxy) is 1. The first kappa shape index (κ1) is 14.7. The second kappa shape index (κ2) is 7.93. The molecule has 0 radical (unpaired) electrons. The minimum Gasteiger partial charge on any atom is -0.385 e. The highest BCUT2D eigenvalue weighted by Crippen LogP contribution is 2.11. The van der Waals surface area contributed by atoms with Gasteiger partial charge in [0, 0.05) is 20.6 Å². The second-order valence-corrected chi connectivity index (χ2v) is 3.37. The van der Waals surface area contributed by atoms with E-state index in [4.69, 9.17) is 10.5 Å². The number of rotatable bonds is 7. The highest BCUT2D eigenvalue weighted by Gasteiger charge is 2.13. The molecule has 0 aliphatic carbocycles. The van der Waals surface area contributed by atoms with E-state index in [1.165, 1.54) is 6.08 Å². The Kier molecular flexibility index (Phi) is 7.29. The Hall–Kier alpha value is -1.29. The molecule has 16 heavy (non-hydrogen) atoms. The molecule has 0 bridgehead atoms. The second-order valence-electron chi connectivity index (χ2n) is 3.37. The molecule has 0 aromatic heterocycles. The van der Waals surface area contributed by atoms with Gasteiger partial charge in [-0.1, -0.05) is 19.6 Å². The van der Waals surface area contributed by atoms with E-state index in [1.54, 1.807) is 38.1 Å². The standard InChI is InChI=1S/C12H21FN2O/c1-5-7-11(14)15(3)12(16-4)9-8-10(13)6-2/h5,7-8,12H,1,6,9,14H2,2-4H3/b10-8+,11-7-. The first-order chi connectivity index (χ1) is 7.56. The van der Waals surface area contributed by atoms with Crippen LogP contribution in [0.1, 0.15) is 19.8 Å². The van der Waals surface area contributed by atoms with Crippen LogP contribution in [0.5, 0.6) is 0 Å². The van der Waals surface area contributed by atoms with Gasteiger partial charge in [0.15, 0.2) is 0 Å². The number of nitrogens with two attached hydrogens (primary N) is 1. The summed E-state index contributed by atoms with van der Waals surface area (Å²) in [6.45, 7) is 5.33. The number of hydrogen-bond donors (Lipinski definition) is 1. The SMILES string of the molecule is C=C/C=C(/N)N(C)C(C/C=C(/F)CC)OC. The molecular formula is C12H21FN2O. The fraction of sp³-hybridized carbons (Fsp3) is 0.500. The Morgan fingerprint density at radius 1 is 1.62 bits per heavy atom. The van der Waals surface area contributed by atoms with Gasteiger partial charge >= 0.3 is 0 Å². The fourth-order valence-corrected chi connectivity index (χ4v) is 1.19. The molecule has 0 saturated carbocycles. The molecule has 2 N–H and O–H groups in total. The van der Waals surface area contributed by atoms with Gasteiger partial charge in [-0.3, -0.25) is 0 Å². The summed E-state index contributed by atoms with van der Waals surface area (Å²) in [5, 5.41) is 0. The lowest BCUT2D eigenvalue weighted by Gasteiger charge is -2.27. The summed E-state index contributed by atoms with van der Waals surface area (Å²) in [4.78, 5) is 1.74. The maximum absolute atomic E-state index is 13.0. The third kappa shape index (κ3) is 4.98. The quantitative estimate of drug-likeness (QED) is 0.537. The summed E-state index contributed by atoms with van der Waals surface area (Å²) in [6.07, 6.45) is 5.38. The van der Waals surface area contributed by atoms with E-state index in [1.807, 2.05) is 0 Å². The Morgan fingerprint density at radius 2 is 2.25 bits per heavy atom. The van der Waals surface area contributed by atoms with E-state index in [2.05, 4.69) is 6.58 Å². The number of halogens is 1. The van der Waals surface area contributed by atoms with Crippen LogP contribution < -0.4 is 5.73 Å². The summed E-state index contributed by atoms with van der Waals surface area (Å²) in [7, 11) is 3.36. The van der Waals surface area contributed by atoms with Crippen molar-refractivity contribution in [3.63, 3.8) is 0 Å². The molecule has 0 saturated heterocycles. The number of hydrogen-bond acceptors (Lipinski definition) is 3. The lowest BCUT2D eigenvalue weighted by atomic mass is 10.2. The summed E-state index contributed by atoms with van der Waals surface area (Å²) < 4.78 is 18.2. The molecule has 0 aromatic carbocycles. The van der Waals surface area contributed by atoms with Gasteiger partial charge in [0.2, 0.25) is 0 Å². The van der Waals surface area contributed by atoms with Crippen LogP contribution in [0.4, 0.5) is 4.39 Å². The van der Waals surface area contributed by atoms with E-state index < -0.39 is 0 Å². The van der Waals surface area contributed by atoms with Crippen molar-refractivity contribution in [3.05, 3.63) is 36.5 Å². The third-order valence-electron chi connectivity index (χ3n) is 2.28. The molecule has 0 rings (SSSR count). The van der Waals surface area contributed by atoms with Crippen molar-refractivity contribution < 1.29 is 9.13 Å². The smallest absolute Gasteiger partial charge is 0.134 e. The zero-order chi connectivity index (χ0) is 12.6. The van der Waals surface area contributed by atoms with E-state index in [0.29, 0.717) is 18.7 Å². The summed E-state index contributed by atoms with van der Waals surface area (Å²) in [5.41, 5.74) is 5.76. The van der Waals surface area contributed by atoms with Crippen LogP contribution >= 0.6 is 0 Å². The lowest BCUT2D eigenvalue weighted by Crippen LogP contribution is -2.35. The maximum atomic E-state index is 13.0. The van der Waals surface area contributed by atoms with Gasteiger partial charge < -0.3 is 15.4 Å². The summed E-state index contributed by atoms with van der Waals surface area (Å²) >= 11 is 0. The number of nitrogens with zero attached hydrogens (tertiary/aromatic N) is 1. The molecule has 0 spiro atoms. The van der Waals surface area contributed by atoms with Crippen LogP contribution in [0, 0.1) is 0 Å². The molecule has 0 amide bonds. The molecule has 0 heterocycles. The van der Waals surface area contributed by atoms with E-state index in [-0.39, 0.29) is 12.1 Å². The highest BCUT2D eigenvalue weighted by atomic mass is 19.1. The van der Waals surface area contributed by atoms with Crippen LogP contribution in [0.15, 0.2) is 36.5 Å². The topological polar surface area (TPSA) is 38.5 Å². The van der Waals surface area contributed by atoms with Gasteiger partial charge in [0.25, 0.3) is 0 Å². The van der Waals surface area contributed by atoms with Crippen molar-refractivity contribution in [2.24, 2.45) is 5.73 Å². The summed E-state index contributed by atoms with van der Waals surface area (Å²) in [5.74, 6) is 0.397. The molecule has 0 aromatic rings. The molecule has 0 aliphatic heterocycles. The van der Waals surface area contributed by atoms with Gasteiger partial charge in [-0.2, -0.15) is 0 Å². The molecule has 4 heteroatoms. The molecule has 1 atom stereocenters. The van der Waals surface area contributed by atoms with Crippen molar-refractivity contribution in [1.82, 2.24) is 4.90 Å². The number of methoxy groups -OCH3 is 1. The van der Waals surface area contributed by atoms with Crippen molar-refractivity contribution in [3.8, 4) is 0 Å². The average Bonchev–Trinajstić information content (AvgIpc) is 2.29. The maximum Gasteiger partial charge on any atom is 0.134 e. The monoisotopic (exact) mass is 228 g/mol. The van der Waals surface area contributed by atoms with Gasteiger partial charge in [-0.15, -0.1) is 0 Å². The normalized spacial score (nSPS) is 14.8. The predicted molar refractivity (Wildman–Crippen MR) is 65.1 cm³/mol. The van der Waals surface area contributed by atoms with Crippen LogP contribution in [-0.2, 0) is 4.74 Å². The third-order valence-corrected chi connectivity index (χ3v) is 2.28. The van der Waals surface area contributed by atoms with Crippen molar-refractivity contribution in [1.29, 1.82) is 0 Å². The Bertz CT molecular complexity index is 274. The van der Waals surface area contributed by atoms with Crippen LogP contribution in [0.3, 0.4) is 0 Å².